The summed E-state index contributed by atoms with van der Waals surface area (Å²) in [6, 6.07) is 0. The van der Waals surface area contributed by atoms with Gasteiger partial charge in [-0.25, -0.2) is 4.79 Å². The van der Waals surface area contributed by atoms with Crippen LogP contribution >= 0.6 is 0 Å². The van der Waals surface area contributed by atoms with Crippen LogP contribution in [0.1, 0.15) is 44.9 Å². The fourth-order valence-electron chi connectivity index (χ4n) is 2.55. The van der Waals surface area contributed by atoms with Crippen molar-refractivity contribution in [2.45, 2.75) is 44.9 Å². The van der Waals surface area contributed by atoms with Gasteiger partial charge in [-0.2, -0.15) is 0 Å². The molecule has 3 nitrogen and oxygen atoms in total. The molecular weight excluding hydrogens is 216 g/mol. The summed E-state index contributed by atoms with van der Waals surface area (Å²) in [6.07, 6.45) is 9.28. The zero-order valence-electron chi connectivity index (χ0n) is 10.6. The standard InChI is InChI=1S/C14H22O3/c1-3-11-9-7-5-4-6-8-10-12(11)13(15)14(16)17-2/h3,11-12H,1,4-10H2,2H3/t11-,12-/m1/s1. The molecule has 96 valence electrons. The summed E-state index contributed by atoms with van der Waals surface area (Å²) in [6.45, 7) is 3.80. The number of rotatable bonds is 3. The molecule has 0 N–H and O–H groups in total. The van der Waals surface area contributed by atoms with E-state index in [0.29, 0.717) is 0 Å². The van der Waals surface area contributed by atoms with E-state index in [1.807, 2.05) is 6.08 Å². The van der Waals surface area contributed by atoms with Crippen molar-refractivity contribution in [1.82, 2.24) is 0 Å². The molecule has 1 fully saturated rings. The second kappa shape index (κ2) is 7.25. The predicted octanol–water partition coefficient (Wildman–Crippen LogP) is 2.89. The first-order valence-electron chi connectivity index (χ1n) is 6.45. The molecule has 1 saturated carbocycles. The van der Waals surface area contributed by atoms with Gasteiger partial charge in [0.15, 0.2) is 0 Å². The van der Waals surface area contributed by atoms with Gasteiger partial charge in [-0.05, 0) is 18.8 Å². The Bertz CT molecular complexity index is 283. The Morgan fingerprint density at radius 1 is 1.12 bits per heavy atom. The number of hydrogen-bond acceptors (Lipinski definition) is 3. The molecule has 0 bridgehead atoms. The smallest absolute Gasteiger partial charge is 0.374 e. The minimum Gasteiger partial charge on any atom is -0.463 e. The van der Waals surface area contributed by atoms with Crippen molar-refractivity contribution in [2.24, 2.45) is 11.8 Å². The summed E-state index contributed by atoms with van der Waals surface area (Å²) in [4.78, 5) is 23.3. The Morgan fingerprint density at radius 3 is 2.29 bits per heavy atom. The van der Waals surface area contributed by atoms with Crippen LogP contribution in [0.4, 0.5) is 0 Å². The first-order valence-corrected chi connectivity index (χ1v) is 6.45. The fraction of sp³-hybridized carbons (Fsp3) is 0.714. The zero-order valence-corrected chi connectivity index (χ0v) is 10.6. The molecule has 0 amide bonds. The molecule has 1 aliphatic carbocycles. The molecule has 0 radical (unpaired) electrons. The van der Waals surface area contributed by atoms with E-state index in [9.17, 15) is 9.59 Å². The number of methoxy groups -OCH3 is 1. The first-order chi connectivity index (χ1) is 8.20. The number of carbonyl (C=O) groups excluding carboxylic acids is 2. The topological polar surface area (TPSA) is 43.4 Å². The number of allylic oxidation sites excluding steroid dienone is 1. The van der Waals surface area contributed by atoms with Crippen molar-refractivity contribution >= 4 is 11.8 Å². The predicted molar refractivity (Wildman–Crippen MR) is 66.5 cm³/mol. The second-order valence-corrected chi connectivity index (χ2v) is 4.71. The number of hydrogen-bond donors (Lipinski definition) is 0. The largest absolute Gasteiger partial charge is 0.463 e. The molecule has 0 aromatic rings. The lowest BCUT2D eigenvalue weighted by Crippen LogP contribution is -2.30. The van der Waals surface area contributed by atoms with Crippen molar-refractivity contribution in [1.29, 1.82) is 0 Å². The Balaban J connectivity index is 2.76. The lowest BCUT2D eigenvalue weighted by molar-refractivity contribution is -0.154. The second-order valence-electron chi connectivity index (χ2n) is 4.71. The van der Waals surface area contributed by atoms with Crippen LogP contribution in [0.15, 0.2) is 12.7 Å². The van der Waals surface area contributed by atoms with Crippen molar-refractivity contribution in [3.05, 3.63) is 12.7 Å². The van der Waals surface area contributed by atoms with Gasteiger partial charge in [-0.3, -0.25) is 4.79 Å². The van der Waals surface area contributed by atoms with Gasteiger partial charge in [0.05, 0.1) is 7.11 Å². The van der Waals surface area contributed by atoms with Gasteiger partial charge in [0.25, 0.3) is 0 Å². The number of ketones is 1. The summed E-state index contributed by atoms with van der Waals surface area (Å²) in [5.74, 6) is -1.18. The molecule has 17 heavy (non-hydrogen) atoms. The summed E-state index contributed by atoms with van der Waals surface area (Å²) in [7, 11) is 1.26. The maximum Gasteiger partial charge on any atom is 0.374 e. The quantitative estimate of drug-likeness (QED) is 0.431. The van der Waals surface area contributed by atoms with Gasteiger partial charge in [-0.15, -0.1) is 6.58 Å². The third-order valence-electron chi connectivity index (χ3n) is 3.60. The Kier molecular flexibility index (Phi) is 5.95. The molecule has 0 saturated heterocycles. The highest BCUT2D eigenvalue weighted by molar-refractivity contribution is 6.34. The molecule has 0 aliphatic heterocycles. The molecular formula is C14H22O3. The number of Topliss-reactive ketones (excluding diaryl/α,β-unsaturated/α-hetero) is 1. The molecule has 0 spiro atoms. The van der Waals surface area contributed by atoms with Crippen LogP contribution in [-0.4, -0.2) is 18.9 Å². The molecule has 1 rings (SSSR count). The van der Waals surface area contributed by atoms with Gasteiger partial charge in [0.2, 0.25) is 5.78 Å². The normalized spacial score (nSPS) is 26.2. The minimum absolute atomic E-state index is 0.125. The number of ether oxygens (including phenoxy) is 1. The number of carbonyl (C=O) groups is 2. The summed E-state index contributed by atoms with van der Waals surface area (Å²) >= 11 is 0. The van der Waals surface area contributed by atoms with Crippen LogP contribution in [0.3, 0.4) is 0 Å². The van der Waals surface area contributed by atoms with E-state index in [0.717, 1.165) is 32.1 Å². The average molecular weight is 238 g/mol. The first kappa shape index (κ1) is 13.9. The third kappa shape index (κ3) is 3.99. The van der Waals surface area contributed by atoms with Gasteiger partial charge in [-0.1, -0.05) is 38.2 Å². The van der Waals surface area contributed by atoms with E-state index in [-0.39, 0.29) is 17.6 Å². The number of esters is 1. The van der Waals surface area contributed by atoms with E-state index >= 15 is 0 Å². The van der Waals surface area contributed by atoms with Gasteiger partial charge in [0.1, 0.15) is 0 Å². The average Bonchev–Trinajstić information content (AvgIpc) is 2.47. The fourth-order valence-corrected chi connectivity index (χ4v) is 2.55. The van der Waals surface area contributed by atoms with Crippen molar-refractivity contribution < 1.29 is 14.3 Å². The summed E-state index contributed by atoms with van der Waals surface area (Å²) in [5.41, 5.74) is 0. The summed E-state index contributed by atoms with van der Waals surface area (Å²) in [5, 5.41) is 0. The molecule has 0 heterocycles. The van der Waals surface area contributed by atoms with Crippen LogP contribution < -0.4 is 0 Å². The highest BCUT2D eigenvalue weighted by Crippen LogP contribution is 2.29. The van der Waals surface area contributed by atoms with Gasteiger partial charge >= 0.3 is 5.97 Å². The molecule has 0 aromatic carbocycles. The lowest BCUT2D eigenvalue weighted by Gasteiger charge is -2.21. The maximum atomic E-state index is 12.0. The van der Waals surface area contributed by atoms with E-state index in [1.54, 1.807) is 0 Å². The molecule has 0 aromatic heterocycles. The van der Waals surface area contributed by atoms with Crippen LogP contribution in [0.5, 0.6) is 0 Å². The third-order valence-corrected chi connectivity index (χ3v) is 3.60. The Hall–Kier alpha value is -1.12. The Labute approximate surface area is 103 Å². The molecule has 1 aliphatic rings. The molecule has 3 heteroatoms. The highest BCUT2D eigenvalue weighted by atomic mass is 16.5. The van der Waals surface area contributed by atoms with Gasteiger partial charge < -0.3 is 4.74 Å². The van der Waals surface area contributed by atoms with E-state index in [4.69, 9.17) is 0 Å². The zero-order chi connectivity index (χ0) is 12.7. The molecule has 2 atom stereocenters. The van der Waals surface area contributed by atoms with Crippen LogP contribution in [-0.2, 0) is 14.3 Å². The minimum atomic E-state index is -0.707. The highest BCUT2D eigenvalue weighted by Gasteiger charge is 2.31. The maximum absolute atomic E-state index is 12.0. The summed E-state index contributed by atoms with van der Waals surface area (Å²) < 4.78 is 4.54. The van der Waals surface area contributed by atoms with Crippen molar-refractivity contribution in [3.63, 3.8) is 0 Å². The van der Waals surface area contributed by atoms with Crippen LogP contribution in [0.25, 0.3) is 0 Å². The van der Waals surface area contributed by atoms with Crippen molar-refractivity contribution in [3.8, 4) is 0 Å². The van der Waals surface area contributed by atoms with Gasteiger partial charge in [0, 0.05) is 5.92 Å². The van der Waals surface area contributed by atoms with E-state index in [1.165, 1.54) is 20.0 Å². The molecule has 0 unspecified atom stereocenters. The van der Waals surface area contributed by atoms with Crippen LogP contribution in [0, 0.1) is 11.8 Å². The van der Waals surface area contributed by atoms with E-state index in [2.05, 4.69) is 11.3 Å². The van der Waals surface area contributed by atoms with Crippen LogP contribution in [0.2, 0.25) is 0 Å². The Morgan fingerprint density at radius 2 is 1.71 bits per heavy atom. The lowest BCUT2D eigenvalue weighted by atomic mass is 9.82. The monoisotopic (exact) mass is 238 g/mol. The van der Waals surface area contributed by atoms with E-state index < -0.39 is 5.97 Å². The SMILES string of the molecule is C=C[C@@H]1CCCCCCC[C@H]1C(=O)C(=O)OC. The van der Waals surface area contributed by atoms with Crippen molar-refractivity contribution in [2.75, 3.05) is 7.11 Å².